The van der Waals surface area contributed by atoms with Gasteiger partial charge < -0.3 is 11.1 Å². The molecule has 0 fully saturated rings. The summed E-state index contributed by atoms with van der Waals surface area (Å²) in [4.78, 5) is 11.7. The molecule has 1 aromatic carbocycles. The minimum absolute atomic E-state index is 0.158. The fourth-order valence-corrected chi connectivity index (χ4v) is 1.54. The fourth-order valence-electron chi connectivity index (χ4n) is 1.16. The highest BCUT2D eigenvalue weighted by molar-refractivity contribution is 9.10. The Labute approximate surface area is 103 Å². The second kappa shape index (κ2) is 5.52. The van der Waals surface area contributed by atoms with Crippen LogP contribution in [0.1, 0.15) is 23.7 Å². The number of nitrogens with zero attached hydrogens (tertiary/aromatic N) is 1. The number of nitrogens with one attached hydrogen (secondary N) is 1. The maximum absolute atomic E-state index is 11.7. The Balaban J connectivity index is 2.74. The summed E-state index contributed by atoms with van der Waals surface area (Å²) in [6.45, 7) is 1.79. The first kappa shape index (κ1) is 12.5. The van der Waals surface area contributed by atoms with Crippen molar-refractivity contribution in [3.05, 3.63) is 28.2 Å². The lowest BCUT2D eigenvalue weighted by Crippen LogP contribution is -2.32. The van der Waals surface area contributed by atoms with E-state index < -0.39 is 0 Å². The van der Waals surface area contributed by atoms with Crippen molar-refractivity contribution in [3.8, 4) is 6.07 Å². The highest BCUT2D eigenvalue weighted by Gasteiger charge is 2.10. The first-order valence-corrected chi connectivity index (χ1v) is 5.56. The van der Waals surface area contributed by atoms with Crippen LogP contribution in [0.2, 0.25) is 0 Å². The summed E-state index contributed by atoms with van der Waals surface area (Å²) in [5.74, 6) is -0.205. The molecule has 0 aromatic heterocycles. The van der Waals surface area contributed by atoms with Gasteiger partial charge in [-0.2, -0.15) is 5.26 Å². The molecule has 1 amide bonds. The van der Waals surface area contributed by atoms with Crippen LogP contribution < -0.4 is 11.1 Å². The van der Waals surface area contributed by atoms with E-state index in [9.17, 15) is 4.79 Å². The minimum atomic E-state index is -0.205. The molecule has 0 saturated heterocycles. The Morgan fingerprint density at radius 1 is 1.69 bits per heavy atom. The van der Waals surface area contributed by atoms with Gasteiger partial charge in [0, 0.05) is 21.8 Å². The van der Waals surface area contributed by atoms with Crippen molar-refractivity contribution >= 4 is 27.5 Å². The van der Waals surface area contributed by atoms with Crippen LogP contribution in [0, 0.1) is 11.3 Å². The normalized spacial score (nSPS) is 11.6. The van der Waals surface area contributed by atoms with Gasteiger partial charge >= 0.3 is 0 Å². The van der Waals surface area contributed by atoms with E-state index >= 15 is 0 Å². The molecule has 16 heavy (non-hydrogen) atoms. The van der Waals surface area contributed by atoms with Crippen molar-refractivity contribution < 1.29 is 4.79 Å². The maximum atomic E-state index is 11.7. The Bertz CT molecular complexity index is 439. The van der Waals surface area contributed by atoms with E-state index in [1.165, 1.54) is 0 Å². The number of nitriles is 1. The molecule has 0 radical (unpaired) electrons. The lowest BCUT2D eigenvalue weighted by atomic mass is 10.1. The Morgan fingerprint density at radius 3 is 2.94 bits per heavy atom. The molecule has 0 spiro atoms. The zero-order chi connectivity index (χ0) is 12.1. The van der Waals surface area contributed by atoms with Crippen LogP contribution in [0.3, 0.4) is 0 Å². The average molecular weight is 282 g/mol. The molecule has 0 heterocycles. The molecule has 0 saturated carbocycles. The number of carbonyl (C=O) groups is 1. The quantitative estimate of drug-likeness (QED) is 0.833. The molecule has 1 rings (SSSR count). The number of nitrogen functional groups attached to an aromatic ring is 1. The smallest absolute Gasteiger partial charge is 0.251 e. The van der Waals surface area contributed by atoms with Crippen LogP contribution in [0.5, 0.6) is 0 Å². The van der Waals surface area contributed by atoms with Crippen molar-refractivity contribution in [1.29, 1.82) is 5.26 Å². The molecule has 1 aromatic rings. The Kier molecular flexibility index (Phi) is 4.32. The first-order chi connectivity index (χ1) is 7.54. The van der Waals surface area contributed by atoms with E-state index in [4.69, 9.17) is 11.0 Å². The molecule has 84 valence electrons. The number of hydrogen-bond acceptors (Lipinski definition) is 3. The van der Waals surface area contributed by atoms with Crippen LogP contribution >= 0.6 is 15.9 Å². The van der Waals surface area contributed by atoms with E-state index in [0.717, 1.165) is 0 Å². The van der Waals surface area contributed by atoms with E-state index in [1.54, 1.807) is 25.1 Å². The van der Waals surface area contributed by atoms with Gasteiger partial charge in [0.15, 0.2) is 0 Å². The van der Waals surface area contributed by atoms with Crippen molar-refractivity contribution in [2.75, 3.05) is 5.73 Å². The number of rotatable bonds is 3. The number of hydrogen-bond donors (Lipinski definition) is 2. The molecule has 3 N–H and O–H groups in total. The summed E-state index contributed by atoms with van der Waals surface area (Å²) in [6.07, 6.45) is 0.294. The van der Waals surface area contributed by atoms with Gasteiger partial charge in [-0.15, -0.1) is 0 Å². The van der Waals surface area contributed by atoms with Gasteiger partial charge in [0.25, 0.3) is 5.91 Å². The molecule has 1 unspecified atom stereocenters. The van der Waals surface area contributed by atoms with Crippen molar-refractivity contribution in [1.82, 2.24) is 5.32 Å². The Hall–Kier alpha value is -1.54. The van der Waals surface area contributed by atoms with E-state index in [0.29, 0.717) is 22.1 Å². The molecule has 0 aliphatic rings. The first-order valence-electron chi connectivity index (χ1n) is 4.77. The second-order valence-electron chi connectivity index (χ2n) is 3.47. The maximum Gasteiger partial charge on any atom is 0.251 e. The number of nitrogens with two attached hydrogens (primary N) is 1. The summed E-state index contributed by atoms with van der Waals surface area (Å²) >= 11 is 3.25. The van der Waals surface area contributed by atoms with E-state index in [-0.39, 0.29) is 11.9 Å². The summed E-state index contributed by atoms with van der Waals surface area (Å²) in [7, 11) is 0. The summed E-state index contributed by atoms with van der Waals surface area (Å²) < 4.78 is 0.688. The monoisotopic (exact) mass is 281 g/mol. The van der Waals surface area contributed by atoms with E-state index in [1.807, 2.05) is 6.07 Å². The zero-order valence-corrected chi connectivity index (χ0v) is 10.4. The van der Waals surface area contributed by atoms with Gasteiger partial charge in [0.05, 0.1) is 12.5 Å². The van der Waals surface area contributed by atoms with Crippen molar-refractivity contribution in [2.24, 2.45) is 0 Å². The molecular formula is C11H12BrN3O. The molecule has 0 aliphatic heterocycles. The van der Waals surface area contributed by atoms with Gasteiger partial charge in [0.2, 0.25) is 0 Å². The predicted molar refractivity (Wildman–Crippen MR) is 65.7 cm³/mol. The van der Waals surface area contributed by atoms with Gasteiger partial charge in [0.1, 0.15) is 0 Å². The number of carbonyl (C=O) groups excluding carboxylic acids is 1. The third kappa shape index (κ3) is 3.24. The third-order valence-corrected chi connectivity index (χ3v) is 2.72. The summed E-state index contributed by atoms with van der Waals surface area (Å²) in [5, 5.41) is 11.2. The topological polar surface area (TPSA) is 78.9 Å². The molecule has 0 bridgehead atoms. The van der Waals surface area contributed by atoms with Gasteiger partial charge in [-0.1, -0.05) is 0 Å². The lowest BCUT2D eigenvalue weighted by Gasteiger charge is -2.10. The summed E-state index contributed by atoms with van der Waals surface area (Å²) in [5.41, 5.74) is 6.72. The number of amides is 1. The fraction of sp³-hybridized carbons (Fsp3) is 0.273. The molecule has 5 heteroatoms. The van der Waals surface area contributed by atoms with Crippen LogP contribution in [0.25, 0.3) is 0 Å². The number of anilines is 1. The lowest BCUT2D eigenvalue weighted by molar-refractivity contribution is 0.0941. The van der Waals surface area contributed by atoms with Gasteiger partial charge in [-0.25, -0.2) is 0 Å². The SMILES string of the molecule is CC(CC#N)NC(=O)c1ccc(N)c(Br)c1. The predicted octanol–water partition coefficient (Wildman–Crippen LogP) is 2.06. The van der Waals surface area contributed by atoms with Crippen LogP contribution in [-0.4, -0.2) is 11.9 Å². The molecule has 0 aliphatic carbocycles. The average Bonchev–Trinajstić information content (AvgIpc) is 2.22. The Morgan fingerprint density at radius 2 is 2.38 bits per heavy atom. The zero-order valence-electron chi connectivity index (χ0n) is 8.83. The standard InChI is InChI=1S/C11H12BrN3O/c1-7(4-5-13)15-11(16)8-2-3-10(14)9(12)6-8/h2-3,6-7H,4,14H2,1H3,(H,15,16). The molecule has 1 atom stereocenters. The van der Waals surface area contributed by atoms with Gasteiger partial charge in [-0.05, 0) is 41.1 Å². The second-order valence-corrected chi connectivity index (χ2v) is 4.33. The van der Waals surface area contributed by atoms with Crippen LogP contribution in [-0.2, 0) is 0 Å². The highest BCUT2D eigenvalue weighted by atomic mass is 79.9. The largest absolute Gasteiger partial charge is 0.398 e. The van der Waals surface area contributed by atoms with E-state index in [2.05, 4.69) is 21.2 Å². The van der Waals surface area contributed by atoms with Crippen molar-refractivity contribution in [3.63, 3.8) is 0 Å². The number of benzene rings is 1. The van der Waals surface area contributed by atoms with Gasteiger partial charge in [-0.3, -0.25) is 4.79 Å². The molecule has 4 nitrogen and oxygen atoms in total. The third-order valence-electron chi connectivity index (χ3n) is 2.04. The molecular weight excluding hydrogens is 270 g/mol. The van der Waals surface area contributed by atoms with Crippen LogP contribution in [0.15, 0.2) is 22.7 Å². The highest BCUT2D eigenvalue weighted by Crippen LogP contribution is 2.20. The van der Waals surface area contributed by atoms with Crippen LogP contribution in [0.4, 0.5) is 5.69 Å². The minimum Gasteiger partial charge on any atom is -0.398 e. The summed E-state index contributed by atoms with van der Waals surface area (Å²) in [6, 6.07) is 6.81. The number of halogens is 1. The van der Waals surface area contributed by atoms with Crippen molar-refractivity contribution in [2.45, 2.75) is 19.4 Å².